The lowest BCUT2D eigenvalue weighted by Crippen LogP contribution is -1.95. The Balaban J connectivity index is 2.38. The number of hydrogen-bond donors (Lipinski definition) is 0. The van der Waals surface area contributed by atoms with Crippen molar-refractivity contribution in [1.82, 2.24) is 4.98 Å². The summed E-state index contributed by atoms with van der Waals surface area (Å²) in [6, 6.07) is 8.45. The summed E-state index contributed by atoms with van der Waals surface area (Å²) >= 11 is 1.99. The lowest BCUT2D eigenvalue weighted by molar-refractivity contribution is 0.937. The quantitative estimate of drug-likeness (QED) is 0.666. The van der Waals surface area contributed by atoms with Crippen molar-refractivity contribution in [3.8, 4) is 0 Å². The Labute approximate surface area is 93.9 Å². The van der Waals surface area contributed by atoms with Crippen molar-refractivity contribution in [3.63, 3.8) is 0 Å². The van der Waals surface area contributed by atoms with Gasteiger partial charge in [0, 0.05) is 21.2 Å². The van der Waals surface area contributed by atoms with Gasteiger partial charge in [-0.2, -0.15) is 0 Å². The summed E-state index contributed by atoms with van der Waals surface area (Å²) in [5, 5.41) is 2.03. The van der Waals surface area contributed by atoms with E-state index in [1.54, 1.807) is 0 Å². The van der Waals surface area contributed by atoms with Crippen molar-refractivity contribution in [3.05, 3.63) is 35.5 Å². The molecule has 1 aliphatic rings. The Kier molecular flexibility index (Phi) is 1.99. The minimum Gasteiger partial charge on any atom is -0.253 e. The average Bonchev–Trinajstić information content (AvgIpc) is 2.61. The second kappa shape index (κ2) is 3.24. The monoisotopic (exact) mass is 215 g/mol. The van der Waals surface area contributed by atoms with Gasteiger partial charge in [-0.3, -0.25) is 4.98 Å². The molecule has 0 radical (unpaired) electrons. The van der Waals surface area contributed by atoms with Gasteiger partial charge in [0.25, 0.3) is 0 Å². The van der Waals surface area contributed by atoms with Crippen molar-refractivity contribution in [2.45, 2.75) is 30.4 Å². The van der Waals surface area contributed by atoms with Crippen LogP contribution in [0.2, 0.25) is 0 Å². The molecular formula is C13H13NS. The number of aryl methyl sites for hydroxylation is 1. The second-order valence-electron chi connectivity index (χ2n) is 4.15. The topological polar surface area (TPSA) is 12.9 Å². The maximum absolute atomic E-state index is 4.67. The molecule has 2 heteroatoms. The van der Waals surface area contributed by atoms with Crippen molar-refractivity contribution in [2.24, 2.45) is 0 Å². The van der Waals surface area contributed by atoms with E-state index in [-0.39, 0.29) is 0 Å². The van der Waals surface area contributed by atoms with Gasteiger partial charge in [0.1, 0.15) is 0 Å². The molecule has 1 nitrogen and oxygen atoms in total. The summed E-state index contributed by atoms with van der Waals surface area (Å²) in [6.07, 6.45) is 1.17. The van der Waals surface area contributed by atoms with E-state index in [2.05, 4.69) is 43.1 Å². The highest BCUT2D eigenvalue weighted by atomic mass is 32.2. The van der Waals surface area contributed by atoms with E-state index in [9.17, 15) is 0 Å². The van der Waals surface area contributed by atoms with Gasteiger partial charge in [0.05, 0.1) is 5.52 Å². The van der Waals surface area contributed by atoms with Crippen molar-refractivity contribution in [2.75, 3.05) is 0 Å². The summed E-state index contributed by atoms with van der Waals surface area (Å²) in [6.45, 7) is 4.42. The van der Waals surface area contributed by atoms with Gasteiger partial charge in [0.2, 0.25) is 0 Å². The summed E-state index contributed by atoms with van der Waals surface area (Å²) in [7, 11) is 0. The number of rotatable bonds is 0. The van der Waals surface area contributed by atoms with Gasteiger partial charge in [-0.15, -0.1) is 11.8 Å². The zero-order valence-corrected chi connectivity index (χ0v) is 9.77. The Bertz CT molecular complexity index is 533. The van der Waals surface area contributed by atoms with Crippen LogP contribution in [-0.4, -0.2) is 10.2 Å². The van der Waals surface area contributed by atoms with Gasteiger partial charge >= 0.3 is 0 Å². The SMILES string of the molecule is Cc1nc2ccccc2c2c1C[C@@H](C)S2. The molecule has 0 saturated carbocycles. The fourth-order valence-electron chi connectivity index (χ4n) is 2.24. The summed E-state index contributed by atoms with van der Waals surface area (Å²) < 4.78 is 0. The van der Waals surface area contributed by atoms with Crippen LogP contribution in [0.4, 0.5) is 0 Å². The molecule has 0 unspecified atom stereocenters. The van der Waals surface area contributed by atoms with Crippen LogP contribution in [0.3, 0.4) is 0 Å². The first-order valence-electron chi connectivity index (χ1n) is 5.30. The van der Waals surface area contributed by atoms with E-state index in [0.29, 0.717) is 5.25 Å². The third kappa shape index (κ3) is 1.36. The molecular weight excluding hydrogens is 202 g/mol. The standard InChI is InChI=1S/C13H13NS/c1-8-7-11-9(2)14-12-6-4-3-5-10(12)13(11)15-8/h3-6,8H,7H2,1-2H3/t8-/m1/s1. The first-order chi connectivity index (χ1) is 7.25. The molecule has 0 spiro atoms. The normalized spacial score (nSPS) is 19.5. The molecule has 0 bridgehead atoms. The van der Waals surface area contributed by atoms with E-state index in [0.717, 1.165) is 5.52 Å². The van der Waals surface area contributed by atoms with E-state index in [1.165, 1.54) is 28.0 Å². The molecule has 0 saturated heterocycles. The number of thioether (sulfide) groups is 1. The van der Waals surface area contributed by atoms with Gasteiger partial charge in [0.15, 0.2) is 0 Å². The number of aromatic nitrogens is 1. The molecule has 0 amide bonds. The fourth-order valence-corrected chi connectivity index (χ4v) is 3.57. The summed E-state index contributed by atoms with van der Waals surface area (Å²) in [4.78, 5) is 6.13. The van der Waals surface area contributed by atoms with Gasteiger partial charge in [-0.05, 0) is 25.0 Å². The number of pyridine rings is 1. The minimum atomic E-state index is 0.700. The Morgan fingerprint density at radius 2 is 2.13 bits per heavy atom. The lowest BCUT2D eigenvalue weighted by atomic mass is 10.1. The number of para-hydroxylation sites is 1. The van der Waals surface area contributed by atoms with Gasteiger partial charge in [-0.25, -0.2) is 0 Å². The van der Waals surface area contributed by atoms with Crippen molar-refractivity contribution < 1.29 is 0 Å². The molecule has 0 aliphatic carbocycles. The molecule has 1 aliphatic heterocycles. The van der Waals surface area contributed by atoms with Gasteiger partial charge in [-0.1, -0.05) is 25.1 Å². The molecule has 0 fully saturated rings. The Morgan fingerprint density at radius 3 is 3.00 bits per heavy atom. The summed E-state index contributed by atoms with van der Waals surface area (Å²) in [5.41, 5.74) is 3.81. The van der Waals surface area contributed by atoms with Crippen molar-refractivity contribution >= 4 is 22.7 Å². The smallest absolute Gasteiger partial charge is 0.0716 e. The van der Waals surface area contributed by atoms with Crippen LogP contribution in [0.25, 0.3) is 10.9 Å². The molecule has 1 atom stereocenters. The predicted octanol–water partition coefficient (Wildman–Crippen LogP) is 3.58. The van der Waals surface area contributed by atoms with Crippen LogP contribution >= 0.6 is 11.8 Å². The van der Waals surface area contributed by atoms with E-state index in [4.69, 9.17) is 0 Å². The highest BCUT2D eigenvalue weighted by Crippen LogP contribution is 2.42. The Hall–Kier alpha value is -1.02. The van der Waals surface area contributed by atoms with E-state index >= 15 is 0 Å². The minimum absolute atomic E-state index is 0.700. The zero-order valence-electron chi connectivity index (χ0n) is 8.95. The van der Waals surface area contributed by atoms with E-state index in [1.807, 2.05) is 11.8 Å². The molecule has 1 aromatic heterocycles. The molecule has 0 N–H and O–H groups in total. The predicted molar refractivity (Wildman–Crippen MR) is 65.5 cm³/mol. The summed E-state index contributed by atoms with van der Waals surface area (Å²) in [5.74, 6) is 0. The molecule has 76 valence electrons. The fraction of sp³-hybridized carbons (Fsp3) is 0.308. The second-order valence-corrected chi connectivity index (χ2v) is 5.60. The molecule has 3 rings (SSSR count). The zero-order chi connectivity index (χ0) is 10.4. The van der Waals surface area contributed by atoms with Gasteiger partial charge < -0.3 is 0 Å². The van der Waals surface area contributed by atoms with Crippen LogP contribution < -0.4 is 0 Å². The lowest BCUT2D eigenvalue weighted by Gasteiger charge is -2.06. The van der Waals surface area contributed by atoms with Crippen LogP contribution in [-0.2, 0) is 6.42 Å². The van der Waals surface area contributed by atoms with Crippen molar-refractivity contribution in [1.29, 1.82) is 0 Å². The third-order valence-corrected chi connectivity index (χ3v) is 4.23. The number of hydrogen-bond acceptors (Lipinski definition) is 2. The molecule has 15 heavy (non-hydrogen) atoms. The third-order valence-electron chi connectivity index (χ3n) is 2.96. The van der Waals surface area contributed by atoms with Crippen LogP contribution in [0.15, 0.2) is 29.2 Å². The highest BCUT2D eigenvalue weighted by molar-refractivity contribution is 8.00. The average molecular weight is 215 g/mol. The molecule has 2 heterocycles. The first-order valence-corrected chi connectivity index (χ1v) is 6.18. The number of nitrogens with zero attached hydrogens (tertiary/aromatic N) is 1. The van der Waals surface area contributed by atoms with Crippen LogP contribution in [0.1, 0.15) is 18.2 Å². The van der Waals surface area contributed by atoms with Crippen LogP contribution in [0.5, 0.6) is 0 Å². The van der Waals surface area contributed by atoms with Crippen LogP contribution in [0, 0.1) is 6.92 Å². The molecule has 2 aromatic rings. The van der Waals surface area contributed by atoms with E-state index < -0.39 is 0 Å². The number of benzene rings is 1. The Morgan fingerprint density at radius 1 is 1.33 bits per heavy atom. The number of fused-ring (bicyclic) bond motifs is 3. The first kappa shape index (κ1) is 9.22. The maximum atomic E-state index is 4.67. The highest BCUT2D eigenvalue weighted by Gasteiger charge is 2.23. The maximum Gasteiger partial charge on any atom is 0.0716 e. The molecule has 1 aromatic carbocycles. The largest absolute Gasteiger partial charge is 0.253 e.